The number of amides is 1. The largest absolute Gasteiger partial charge is 0.349 e. The fourth-order valence-electron chi connectivity index (χ4n) is 3.10. The first-order valence-corrected chi connectivity index (χ1v) is 8.52. The Balaban J connectivity index is 2.02. The number of likely N-dealkylation sites (N-methyl/N-ethyl adjacent to an activating group) is 1. The molecule has 128 valence electrons. The number of nitrogens with two attached hydrogens (primary N) is 1. The van der Waals surface area contributed by atoms with Crippen LogP contribution in [-0.2, 0) is 13.0 Å². The zero-order valence-corrected chi connectivity index (χ0v) is 14.4. The minimum Gasteiger partial charge on any atom is -0.349 e. The lowest BCUT2D eigenvalue weighted by atomic mass is 10.0. The summed E-state index contributed by atoms with van der Waals surface area (Å²) in [6.07, 6.45) is 0.897. The van der Waals surface area contributed by atoms with E-state index in [-0.39, 0.29) is 5.91 Å². The fourth-order valence-corrected chi connectivity index (χ4v) is 3.10. The molecule has 0 unspecified atom stereocenters. The number of nitrogens with zero attached hydrogens (tertiary/aromatic N) is 3. The molecule has 3 N–H and O–H groups in total. The predicted molar refractivity (Wildman–Crippen MR) is 94.3 cm³/mol. The van der Waals surface area contributed by atoms with Gasteiger partial charge in [0.25, 0.3) is 5.91 Å². The number of fused-ring (bicyclic) bond motifs is 1. The first kappa shape index (κ1) is 16.7. The van der Waals surface area contributed by atoms with Gasteiger partial charge in [0.1, 0.15) is 0 Å². The molecule has 0 spiro atoms. The second-order valence-corrected chi connectivity index (χ2v) is 6.18. The van der Waals surface area contributed by atoms with Crippen molar-refractivity contribution in [2.24, 2.45) is 5.73 Å². The smallest absolute Gasteiger partial charge is 0.272 e. The van der Waals surface area contributed by atoms with Crippen molar-refractivity contribution >= 4 is 5.91 Å². The standard InChI is InChI=1S/C18H25N5O/c1-3-22-11-8-16-15(12-22)17(18(24)20-10-9-19)21-23(16)14-6-4-13(2)5-7-14/h4-7H,3,8-12,19H2,1-2H3,(H,20,24). The van der Waals surface area contributed by atoms with Gasteiger partial charge in [-0.2, -0.15) is 5.10 Å². The molecule has 6 nitrogen and oxygen atoms in total. The Hall–Kier alpha value is -2.18. The minimum atomic E-state index is -0.138. The van der Waals surface area contributed by atoms with Crippen LogP contribution in [0, 0.1) is 6.92 Å². The van der Waals surface area contributed by atoms with Crippen molar-refractivity contribution in [3.05, 3.63) is 46.8 Å². The van der Waals surface area contributed by atoms with Crippen LogP contribution in [0.1, 0.15) is 34.2 Å². The third-order valence-electron chi connectivity index (χ3n) is 4.51. The summed E-state index contributed by atoms with van der Waals surface area (Å²) in [6, 6.07) is 8.24. The molecule has 0 atom stereocenters. The highest BCUT2D eigenvalue weighted by molar-refractivity contribution is 5.94. The summed E-state index contributed by atoms with van der Waals surface area (Å²) in [6.45, 7) is 7.82. The number of hydrogen-bond acceptors (Lipinski definition) is 4. The molecule has 24 heavy (non-hydrogen) atoms. The summed E-state index contributed by atoms with van der Waals surface area (Å²) in [5.41, 5.74) is 10.4. The zero-order valence-electron chi connectivity index (χ0n) is 14.4. The maximum Gasteiger partial charge on any atom is 0.272 e. The van der Waals surface area contributed by atoms with Crippen LogP contribution in [0.4, 0.5) is 0 Å². The molecule has 0 saturated carbocycles. The van der Waals surface area contributed by atoms with Crippen LogP contribution >= 0.6 is 0 Å². The molecule has 1 aromatic heterocycles. The number of benzene rings is 1. The van der Waals surface area contributed by atoms with Gasteiger partial charge in [-0.25, -0.2) is 4.68 Å². The molecule has 3 rings (SSSR count). The van der Waals surface area contributed by atoms with E-state index in [1.807, 2.05) is 4.68 Å². The number of aryl methyl sites for hydroxylation is 1. The first-order valence-electron chi connectivity index (χ1n) is 8.52. The van der Waals surface area contributed by atoms with E-state index >= 15 is 0 Å². The Bertz CT molecular complexity index is 720. The SMILES string of the molecule is CCN1CCc2c(c(C(=O)NCCN)nn2-c2ccc(C)cc2)C1. The van der Waals surface area contributed by atoms with Crippen molar-refractivity contribution in [1.82, 2.24) is 20.0 Å². The molecule has 0 fully saturated rings. The van der Waals surface area contributed by atoms with Gasteiger partial charge in [0.2, 0.25) is 0 Å². The molecule has 0 saturated heterocycles. The Kier molecular flexibility index (Phi) is 4.97. The highest BCUT2D eigenvalue weighted by Gasteiger charge is 2.27. The summed E-state index contributed by atoms with van der Waals surface area (Å²) < 4.78 is 1.93. The summed E-state index contributed by atoms with van der Waals surface area (Å²) in [7, 11) is 0. The van der Waals surface area contributed by atoms with E-state index < -0.39 is 0 Å². The number of carbonyl (C=O) groups excluding carboxylic acids is 1. The first-order chi connectivity index (χ1) is 11.6. The van der Waals surface area contributed by atoms with Crippen LogP contribution in [0.2, 0.25) is 0 Å². The molecule has 6 heteroatoms. The maximum atomic E-state index is 12.5. The summed E-state index contributed by atoms with van der Waals surface area (Å²) in [5.74, 6) is -0.138. The van der Waals surface area contributed by atoms with Crippen molar-refractivity contribution in [3.63, 3.8) is 0 Å². The molecule has 2 heterocycles. The van der Waals surface area contributed by atoms with E-state index in [9.17, 15) is 4.79 Å². The Morgan fingerprint density at radius 1 is 1.33 bits per heavy atom. The van der Waals surface area contributed by atoms with E-state index in [0.29, 0.717) is 18.8 Å². The highest BCUT2D eigenvalue weighted by Crippen LogP contribution is 2.25. The van der Waals surface area contributed by atoms with Crippen LogP contribution < -0.4 is 11.1 Å². The van der Waals surface area contributed by atoms with Crippen molar-refractivity contribution in [1.29, 1.82) is 0 Å². The number of hydrogen-bond donors (Lipinski definition) is 2. The predicted octanol–water partition coefficient (Wildman–Crippen LogP) is 1.25. The molecule has 2 aromatic rings. The lowest BCUT2D eigenvalue weighted by molar-refractivity contribution is 0.0947. The number of aromatic nitrogens is 2. The second kappa shape index (κ2) is 7.15. The molecule has 0 bridgehead atoms. The van der Waals surface area contributed by atoms with E-state index in [2.05, 4.69) is 53.4 Å². The van der Waals surface area contributed by atoms with Crippen LogP contribution in [-0.4, -0.2) is 46.8 Å². The summed E-state index contributed by atoms with van der Waals surface area (Å²) in [5, 5.41) is 7.50. The lowest BCUT2D eigenvalue weighted by Crippen LogP contribution is -2.33. The van der Waals surface area contributed by atoms with Gasteiger partial charge in [-0.15, -0.1) is 0 Å². The molecular formula is C18H25N5O. The van der Waals surface area contributed by atoms with Crippen molar-refractivity contribution in [3.8, 4) is 5.69 Å². The normalized spacial score (nSPS) is 14.5. The highest BCUT2D eigenvalue weighted by atomic mass is 16.1. The van der Waals surface area contributed by atoms with Crippen molar-refractivity contribution in [2.45, 2.75) is 26.8 Å². The van der Waals surface area contributed by atoms with E-state index in [4.69, 9.17) is 5.73 Å². The molecule has 0 radical (unpaired) electrons. The Morgan fingerprint density at radius 2 is 2.08 bits per heavy atom. The average molecular weight is 327 g/mol. The van der Waals surface area contributed by atoms with Gasteiger partial charge in [0.15, 0.2) is 5.69 Å². The van der Waals surface area contributed by atoms with E-state index in [1.54, 1.807) is 0 Å². The van der Waals surface area contributed by atoms with Crippen molar-refractivity contribution in [2.75, 3.05) is 26.2 Å². The van der Waals surface area contributed by atoms with Gasteiger partial charge in [0, 0.05) is 38.2 Å². The van der Waals surface area contributed by atoms with Gasteiger partial charge in [-0.3, -0.25) is 9.69 Å². The van der Waals surface area contributed by atoms with Crippen molar-refractivity contribution < 1.29 is 4.79 Å². The van der Waals surface area contributed by atoms with Crippen LogP contribution in [0.3, 0.4) is 0 Å². The average Bonchev–Trinajstić information content (AvgIpc) is 2.99. The number of carbonyl (C=O) groups is 1. The molecule has 1 amide bonds. The molecule has 1 aliphatic heterocycles. The number of nitrogens with one attached hydrogen (secondary N) is 1. The third-order valence-corrected chi connectivity index (χ3v) is 4.51. The zero-order chi connectivity index (χ0) is 17.1. The number of rotatable bonds is 5. The Labute approximate surface area is 142 Å². The van der Waals surface area contributed by atoms with Gasteiger partial charge < -0.3 is 11.1 Å². The fraction of sp³-hybridized carbons (Fsp3) is 0.444. The van der Waals surface area contributed by atoms with Gasteiger partial charge in [-0.05, 0) is 25.6 Å². The van der Waals surface area contributed by atoms with E-state index in [1.165, 1.54) is 5.56 Å². The Morgan fingerprint density at radius 3 is 2.75 bits per heavy atom. The van der Waals surface area contributed by atoms with E-state index in [0.717, 1.165) is 43.0 Å². The minimum absolute atomic E-state index is 0.138. The van der Waals surface area contributed by atoms with Gasteiger partial charge in [0.05, 0.1) is 11.4 Å². The van der Waals surface area contributed by atoms with Crippen LogP contribution in [0.15, 0.2) is 24.3 Å². The topological polar surface area (TPSA) is 76.2 Å². The van der Waals surface area contributed by atoms with Crippen LogP contribution in [0.5, 0.6) is 0 Å². The summed E-state index contributed by atoms with van der Waals surface area (Å²) in [4.78, 5) is 14.8. The maximum absolute atomic E-state index is 12.5. The monoisotopic (exact) mass is 327 g/mol. The van der Waals surface area contributed by atoms with Gasteiger partial charge in [-0.1, -0.05) is 24.6 Å². The second-order valence-electron chi connectivity index (χ2n) is 6.18. The lowest BCUT2D eigenvalue weighted by Gasteiger charge is -2.26. The molecule has 1 aromatic carbocycles. The third kappa shape index (κ3) is 3.20. The quantitative estimate of drug-likeness (QED) is 0.866. The van der Waals surface area contributed by atoms with Gasteiger partial charge >= 0.3 is 0 Å². The molecule has 1 aliphatic rings. The molecular weight excluding hydrogens is 302 g/mol. The summed E-state index contributed by atoms with van der Waals surface area (Å²) >= 11 is 0. The molecule has 0 aliphatic carbocycles. The van der Waals surface area contributed by atoms with Crippen LogP contribution in [0.25, 0.3) is 5.69 Å².